The maximum atomic E-state index is 5.75. The van der Waals surface area contributed by atoms with Crippen LogP contribution in [0.1, 0.15) is 28.6 Å². The molecular formula is C15H19BrN4O. The molecule has 21 heavy (non-hydrogen) atoms. The molecule has 112 valence electrons. The first-order valence-corrected chi connectivity index (χ1v) is 7.43. The van der Waals surface area contributed by atoms with Gasteiger partial charge < -0.3 is 4.74 Å². The van der Waals surface area contributed by atoms with E-state index in [0.717, 1.165) is 32.7 Å². The number of methoxy groups -OCH3 is 1. The van der Waals surface area contributed by atoms with Gasteiger partial charge in [-0.15, -0.1) is 0 Å². The molecule has 1 unspecified atom stereocenters. The van der Waals surface area contributed by atoms with Crippen LogP contribution in [0, 0.1) is 13.8 Å². The molecule has 0 spiro atoms. The predicted octanol–water partition coefficient (Wildman–Crippen LogP) is 2.61. The Morgan fingerprint density at radius 1 is 1.29 bits per heavy atom. The average molecular weight is 351 g/mol. The molecule has 0 fully saturated rings. The minimum absolute atomic E-state index is 0.0533. The van der Waals surface area contributed by atoms with E-state index in [0.29, 0.717) is 6.42 Å². The Labute approximate surface area is 133 Å². The first-order chi connectivity index (χ1) is 10.0. The minimum atomic E-state index is -0.0533. The zero-order chi connectivity index (χ0) is 15.4. The highest BCUT2D eigenvalue weighted by atomic mass is 79.9. The minimum Gasteiger partial charge on any atom is -0.496 e. The van der Waals surface area contributed by atoms with Crippen LogP contribution < -0.4 is 16.0 Å². The van der Waals surface area contributed by atoms with Crippen molar-refractivity contribution in [1.29, 1.82) is 0 Å². The Bertz CT molecular complexity index is 633. The lowest BCUT2D eigenvalue weighted by molar-refractivity contribution is 0.405. The highest BCUT2D eigenvalue weighted by molar-refractivity contribution is 9.10. The van der Waals surface area contributed by atoms with Crippen molar-refractivity contribution in [3.63, 3.8) is 0 Å². The van der Waals surface area contributed by atoms with Crippen LogP contribution in [0.25, 0.3) is 0 Å². The molecule has 0 amide bonds. The van der Waals surface area contributed by atoms with Crippen LogP contribution in [0.15, 0.2) is 28.7 Å². The second-order valence-corrected chi connectivity index (χ2v) is 5.82. The number of hydrazine groups is 1. The molecule has 0 saturated heterocycles. The molecule has 6 heteroatoms. The highest BCUT2D eigenvalue weighted by Crippen LogP contribution is 2.28. The van der Waals surface area contributed by atoms with Gasteiger partial charge in [-0.3, -0.25) is 11.3 Å². The van der Waals surface area contributed by atoms with Crippen molar-refractivity contribution in [1.82, 2.24) is 15.6 Å². The lowest BCUT2D eigenvalue weighted by atomic mass is 9.97. The van der Waals surface area contributed by atoms with Crippen molar-refractivity contribution >= 4 is 15.9 Å². The van der Waals surface area contributed by atoms with Crippen molar-refractivity contribution < 1.29 is 4.74 Å². The number of rotatable bonds is 5. The van der Waals surface area contributed by atoms with Gasteiger partial charge in [0.15, 0.2) is 0 Å². The van der Waals surface area contributed by atoms with Crippen molar-refractivity contribution in [2.75, 3.05) is 7.11 Å². The number of nitrogens with two attached hydrogens (primary N) is 1. The highest BCUT2D eigenvalue weighted by Gasteiger charge is 2.17. The Hall–Kier alpha value is -1.50. The number of benzene rings is 1. The van der Waals surface area contributed by atoms with Gasteiger partial charge in [0.05, 0.1) is 24.5 Å². The van der Waals surface area contributed by atoms with E-state index in [1.165, 1.54) is 0 Å². The standard InChI is InChI=1S/C15H19BrN4O/c1-9-6-13(10(2)20-19-9)14(18-17)8-11-7-12(16)4-5-15(11)21-3/h4-7,14,18H,8,17H2,1-3H3. The van der Waals surface area contributed by atoms with Crippen molar-refractivity contribution in [3.05, 3.63) is 51.3 Å². The quantitative estimate of drug-likeness (QED) is 0.640. The average Bonchev–Trinajstić information content (AvgIpc) is 2.47. The third-order valence-corrected chi connectivity index (χ3v) is 3.88. The predicted molar refractivity (Wildman–Crippen MR) is 86.0 cm³/mol. The zero-order valence-electron chi connectivity index (χ0n) is 12.4. The second-order valence-electron chi connectivity index (χ2n) is 4.91. The molecule has 2 rings (SSSR count). The molecule has 2 aromatic rings. The van der Waals surface area contributed by atoms with E-state index < -0.39 is 0 Å². The largest absolute Gasteiger partial charge is 0.496 e. The van der Waals surface area contributed by atoms with Crippen molar-refractivity contribution in [3.8, 4) is 5.75 Å². The van der Waals surface area contributed by atoms with Crippen LogP contribution in [-0.4, -0.2) is 17.3 Å². The third-order valence-electron chi connectivity index (χ3n) is 3.38. The molecule has 1 aromatic carbocycles. The summed E-state index contributed by atoms with van der Waals surface area (Å²) in [7, 11) is 1.67. The summed E-state index contributed by atoms with van der Waals surface area (Å²) in [6.07, 6.45) is 0.699. The topological polar surface area (TPSA) is 73.1 Å². The van der Waals surface area contributed by atoms with Crippen molar-refractivity contribution in [2.24, 2.45) is 5.84 Å². The van der Waals surface area contributed by atoms with Gasteiger partial charge in [0.1, 0.15) is 5.75 Å². The number of nitrogens with one attached hydrogen (secondary N) is 1. The van der Waals surface area contributed by atoms with Gasteiger partial charge in [0.2, 0.25) is 0 Å². The summed E-state index contributed by atoms with van der Waals surface area (Å²) >= 11 is 3.49. The Kier molecular flexibility index (Phi) is 5.27. The summed E-state index contributed by atoms with van der Waals surface area (Å²) in [6, 6.07) is 7.89. The van der Waals surface area contributed by atoms with E-state index in [9.17, 15) is 0 Å². The molecule has 0 aliphatic rings. The van der Waals surface area contributed by atoms with E-state index in [4.69, 9.17) is 10.6 Å². The summed E-state index contributed by atoms with van der Waals surface area (Å²) in [5, 5.41) is 8.22. The second kappa shape index (κ2) is 6.98. The van der Waals surface area contributed by atoms with Crippen LogP contribution in [0.3, 0.4) is 0 Å². The van der Waals surface area contributed by atoms with Crippen LogP contribution in [0.2, 0.25) is 0 Å². The summed E-state index contributed by atoms with van der Waals surface area (Å²) in [6.45, 7) is 3.85. The van der Waals surface area contributed by atoms with E-state index in [1.54, 1.807) is 7.11 Å². The first-order valence-electron chi connectivity index (χ1n) is 6.64. The molecule has 1 atom stereocenters. The molecule has 0 aliphatic carbocycles. The third kappa shape index (κ3) is 3.78. The van der Waals surface area contributed by atoms with Gasteiger partial charge in [-0.2, -0.15) is 10.2 Å². The van der Waals surface area contributed by atoms with Gasteiger partial charge in [-0.25, -0.2) is 0 Å². The van der Waals surface area contributed by atoms with Gasteiger partial charge in [-0.1, -0.05) is 15.9 Å². The number of aryl methyl sites for hydroxylation is 2. The van der Waals surface area contributed by atoms with Gasteiger partial charge >= 0.3 is 0 Å². The van der Waals surface area contributed by atoms with Crippen molar-refractivity contribution in [2.45, 2.75) is 26.3 Å². The maximum absolute atomic E-state index is 5.75. The van der Waals surface area contributed by atoms with E-state index in [1.807, 2.05) is 38.1 Å². The fourth-order valence-corrected chi connectivity index (χ4v) is 2.72. The van der Waals surface area contributed by atoms with Crippen LogP contribution in [-0.2, 0) is 6.42 Å². The monoisotopic (exact) mass is 350 g/mol. The number of halogens is 1. The molecule has 0 saturated carbocycles. The summed E-state index contributed by atoms with van der Waals surface area (Å²) in [5.41, 5.74) is 6.73. The first kappa shape index (κ1) is 15.9. The molecular weight excluding hydrogens is 332 g/mol. The molecule has 0 bridgehead atoms. The number of hydrogen-bond donors (Lipinski definition) is 2. The van der Waals surface area contributed by atoms with Gasteiger partial charge in [0, 0.05) is 4.47 Å². The fourth-order valence-electron chi connectivity index (χ4n) is 2.31. The van der Waals surface area contributed by atoms with Gasteiger partial charge in [0.25, 0.3) is 0 Å². The lowest BCUT2D eigenvalue weighted by Crippen LogP contribution is -2.30. The SMILES string of the molecule is COc1ccc(Br)cc1CC(NN)c1cc(C)nnc1C. The van der Waals surface area contributed by atoms with Crippen LogP contribution in [0.5, 0.6) is 5.75 Å². The molecule has 0 aliphatic heterocycles. The Morgan fingerprint density at radius 2 is 2.05 bits per heavy atom. The van der Waals surface area contributed by atoms with Crippen LogP contribution in [0.4, 0.5) is 0 Å². The number of nitrogens with zero attached hydrogens (tertiary/aromatic N) is 2. The Morgan fingerprint density at radius 3 is 2.71 bits per heavy atom. The number of aromatic nitrogens is 2. The molecule has 5 nitrogen and oxygen atoms in total. The molecule has 0 radical (unpaired) electrons. The Balaban J connectivity index is 2.35. The van der Waals surface area contributed by atoms with E-state index in [-0.39, 0.29) is 6.04 Å². The number of hydrogen-bond acceptors (Lipinski definition) is 5. The fraction of sp³-hybridized carbons (Fsp3) is 0.333. The molecule has 1 aromatic heterocycles. The smallest absolute Gasteiger partial charge is 0.122 e. The van der Waals surface area contributed by atoms with Crippen LogP contribution >= 0.6 is 15.9 Å². The lowest BCUT2D eigenvalue weighted by Gasteiger charge is -2.19. The van der Waals surface area contributed by atoms with E-state index >= 15 is 0 Å². The summed E-state index contributed by atoms with van der Waals surface area (Å²) in [5.74, 6) is 6.59. The maximum Gasteiger partial charge on any atom is 0.122 e. The number of ether oxygens (including phenoxy) is 1. The summed E-state index contributed by atoms with van der Waals surface area (Å²) in [4.78, 5) is 0. The normalized spacial score (nSPS) is 12.2. The summed E-state index contributed by atoms with van der Waals surface area (Å²) < 4.78 is 6.43. The van der Waals surface area contributed by atoms with E-state index in [2.05, 4.69) is 31.6 Å². The zero-order valence-corrected chi connectivity index (χ0v) is 13.9. The van der Waals surface area contributed by atoms with Gasteiger partial charge in [-0.05, 0) is 55.7 Å². The molecule has 3 N–H and O–H groups in total. The molecule has 1 heterocycles.